The van der Waals surface area contributed by atoms with Crippen molar-refractivity contribution in [3.05, 3.63) is 0 Å². The molecule has 0 saturated carbocycles. The first-order chi connectivity index (χ1) is 8.56. The third-order valence-electron chi connectivity index (χ3n) is 4.05. The zero-order valence-corrected chi connectivity index (χ0v) is 14.9. The molecule has 0 amide bonds. The van der Waals surface area contributed by atoms with Crippen molar-refractivity contribution >= 4 is 7.14 Å². The van der Waals surface area contributed by atoms with Gasteiger partial charge in [0.25, 0.3) is 0 Å². The second kappa shape index (κ2) is 7.84. The van der Waals surface area contributed by atoms with Gasteiger partial charge in [-0.15, -0.1) is 0 Å². The molecule has 116 valence electrons. The van der Waals surface area contributed by atoms with Gasteiger partial charge >= 0.3 is 0 Å². The summed E-state index contributed by atoms with van der Waals surface area (Å²) in [6.45, 7) is 13.1. The van der Waals surface area contributed by atoms with Gasteiger partial charge in [0.1, 0.15) is 0 Å². The van der Waals surface area contributed by atoms with Crippen LogP contribution < -0.4 is 0 Å². The van der Waals surface area contributed by atoms with Gasteiger partial charge in [0, 0.05) is 23.1 Å². The van der Waals surface area contributed by atoms with E-state index in [0.717, 1.165) is 25.4 Å². The molecule has 0 aromatic carbocycles. The van der Waals surface area contributed by atoms with Gasteiger partial charge in [0.15, 0.2) is 0 Å². The first-order valence-corrected chi connectivity index (χ1v) is 9.65. The normalized spacial score (nSPS) is 13.8. The predicted octanol–water partition coefficient (Wildman–Crippen LogP) is 5.28. The number of aliphatic hydroxyl groups is 1. The summed E-state index contributed by atoms with van der Waals surface area (Å²) in [6.07, 6.45) is 7.55. The van der Waals surface area contributed by atoms with Gasteiger partial charge in [0.2, 0.25) is 0 Å². The smallest absolute Gasteiger partial charge is 0.0977 e. The van der Waals surface area contributed by atoms with Crippen LogP contribution in [0.1, 0.15) is 80.1 Å². The molecule has 0 aliphatic heterocycles. The number of aliphatic hydroxyl groups excluding tert-OH is 1. The fourth-order valence-electron chi connectivity index (χ4n) is 2.83. The van der Waals surface area contributed by atoms with Crippen LogP contribution in [0.15, 0.2) is 0 Å². The Morgan fingerprint density at radius 1 is 0.737 bits per heavy atom. The number of hydrogen-bond donors (Lipinski definition) is 1. The van der Waals surface area contributed by atoms with Crippen molar-refractivity contribution in [3.63, 3.8) is 0 Å². The zero-order chi connectivity index (χ0) is 15.2. The topological polar surface area (TPSA) is 37.3 Å². The summed E-state index contributed by atoms with van der Waals surface area (Å²) >= 11 is 0. The van der Waals surface area contributed by atoms with Gasteiger partial charge < -0.3 is 9.67 Å². The van der Waals surface area contributed by atoms with Gasteiger partial charge in [-0.3, -0.25) is 0 Å². The van der Waals surface area contributed by atoms with Crippen molar-refractivity contribution in [2.75, 3.05) is 12.8 Å². The molecular weight excluding hydrogens is 255 g/mol. The van der Waals surface area contributed by atoms with Crippen molar-refractivity contribution in [3.8, 4) is 0 Å². The van der Waals surface area contributed by atoms with Crippen LogP contribution >= 0.6 is 7.14 Å². The molecule has 0 aliphatic carbocycles. The summed E-state index contributed by atoms with van der Waals surface area (Å²) in [5, 5.41) is 8.53. The maximum absolute atomic E-state index is 13.4. The van der Waals surface area contributed by atoms with E-state index in [4.69, 9.17) is 5.11 Å². The van der Waals surface area contributed by atoms with Gasteiger partial charge in [-0.1, -0.05) is 67.2 Å². The molecule has 0 spiro atoms. The second-order valence-corrected chi connectivity index (χ2v) is 12.3. The average molecular weight is 290 g/mol. The first kappa shape index (κ1) is 19.2. The maximum Gasteiger partial charge on any atom is 0.0977 e. The van der Waals surface area contributed by atoms with Crippen LogP contribution in [0.4, 0.5) is 0 Å². The SMILES string of the molecule is CC(C)(C)P(=O)(CCCCCCCCO)C(C)(C)C. The lowest BCUT2D eigenvalue weighted by Gasteiger charge is -2.41. The minimum atomic E-state index is -2.19. The Balaban J connectivity index is 4.22. The van der Waals surface area contributed by atoms with Crippen molar-refractivity contribution < 1.29 is 9.67 Å². The molecule has 0 saturated heterocycles. The Morgan fingerprint density at radius 3 is 1.47 bits per heavy atom. The van der Waals surface area contributed by atoms with Crippen LogP contribution in [0.25, 0.3) is 0 Å². The number of hydrogen-bond acceptors (Lipinski definition) is 2. The molecule has 0 atom stereocenters. The lowest BCUT2D eigenvalue weighted by atomic mass is 10.1. The quantitative estimate of drug-likeness (QED) is 0.488. The molecule has 0 radical (unpaired) electrons. The summed E-state index contributed by atoms with van der Waals surface area (Å²) in [6, 6.07) is 0. The predicted molar refractivity (Wildman–Crippen MR) is 86.8 cm³/mol. The van der Waals surface area contributed by atoms with E-state index in [1.165, 1.54) is 19.3 Å². The summed E-state index contributed by atoms with van der Waals surface area (Å²) in [5.74, 6) is 0. The minimum Gasteiger partial charge on any atom is -0.396 e. The fourth-order valence-corrected chi connectivity index (χ4v) is 6.85. The van der Waals surface area contributed by atoms with Gasteiger partial charge in [-0.05, 0) is 12.8 Å². The Labute approximate surface area is 120 Å². The minimum absolute atomic E-state index is 0.0951. The van der Waals surface area contributed by atoms with Crippen molar-refractivity contribution in [2.45, 2.75) is 90.4 Å². The molecule has 1 N–H and O–H groups in total. The maximum atomic E-state index is 13.4. The lowest BCUT2D eigenvalue weighted by molar-refractivity contribution is 0.282. The van der Waals surface area contributed by atoms with E-state index in [1.807, 2.05) is 0 Å². The Kier molecular flexibility index (Phi) is 7.91. The van der Waals surface area contributed by atoms with E-state index < -0.39 is 7.14 Å². The first-order valence-electron chi connectivity index (χ1n) is 7.76. The second-order valence-electron chi connectivity index (χ2n) is 7.65. The highest BCUT2D eigenvalue weighted by molar-refractivity contribution is 7.66. The molecule has 0 aliphatic rings. The highest BCUT2D eigenvalue weighted by atomic mass is 31.2. The lowest BCUT2D eigenvalue weighted by Crippen LogP contribution is -2.30. The third kappa shape index (κ3) is 6.00. The number of rotatable bonds is 8. The fraction of sp³-hybridized carbons (Fsp3) is 1.00. The van der Waals surface area contributed by atoms with Crippen LogP contribution in [0.3, 0.4) is 0 Å². The molecule has 0 unspecified atom stereocenters. The number of unbranched alkanes of at least 4 members (excludes halogenated alkanes) is 5. The monoisotopic (exact) mass is 290 g/mol. The summed E-state index contributed by atoms with van der Waals surface area (Å²) in [4.78, 5) is 0. The van der Waals surface area contributed by atoms with Crippen molar-refractivity contribution in [2.24, 2.45) is 0 Å². The molecule has 0 fully saturated rings. The standard InChI is InChI=1S/C16H35O2P/c1-15(2,3)19(18,16(4,5)6)14-12-10-8-7-9-11-13-17/h17H,7-14H2,1-6H3. The van der Waals surface area contributed by atoms with E-state index in [0.29, 0.717) is 6.61 Å². The van der Waals surface area contributed by atoms with E-state index >= 15 is 0 Å². The highest BCUT2D eigenvalue weighted by Gasteiger charge is 2.45. The third-order valence-corrected chi connectivity index (χ3v) is 9.33. The van der Waals surface area contributed by atoms with Gasteiger partial charge in [-0.25, -0.2) is 0 Å². The Bertz CT molecular complexity index is 266. The van der Waals surface area contributed by atoms with Crippen molar-refractivity contribution in [1.82, 2.24) is 0 Å². The van der Waals surface area contributed by atoms with Crippen LogP contribution in [-0.2, 0) is 4.57 Å². The van der Waals surface area contributed by atoms with E-state index in [2.05, 4.69) is 41.5 Å². The van der Waals surface area contributed by atoms with Gasteiger partial charge in [0.05, 0.1) is 7.14 Å². The van der Waals surface area contributed by atoms with Gasteiger partial charge in [-0.2, -0.15) is 0 Å². The molecule has 0 rings (SSSR count). The largest absolute Gasteiger partial charge is 0.396 e. The molecule has 0 heterocycles. The van der Waals surface area contributed by atoms with E-state index in [-0.39, 0.29) is 10.3 Å². The summed E-state index contributed by atoms with van der Waals surface area (Å²) in [5.41, 5.74) is 0. The van der Waals surface area contributed by atoms with E-state index in [9.17, 15) is 4.57 Å². The molecule has 0 bridgehead atoms. The van der Waals surface area contributed by atoms with E-state index in [1.54, 1.807) is 0 Å². The Hall–Kier alpha value is 0.190. The van der Waals surface area contributed by atoms with Crippen LogP contribution in [0, 0.1) is 0 Å². The molecule has 0 aromatic heterocycles. The van der Waals surface area contributed by atoms with Crippen molar-refractivity contribution in [1.29, 1.82) is 0 Å². The highest BCUT2D eigenvalue weighted by Crippen LogP contribution is 2.67. The molecule has 2 nitrogen and oxygen atoms in total. The van der Waals surface area contributed by atoms with Crippen LogP contribution in [-0.4, -0.2) is 28.2 Å². The summed E-state index contributed by atoms with van der Waals surface area (Å²) < 4.78 is 13.4. The Morgan fingerprint density at radius 2 is 1.11 bits per heavy atom. The average Bonchev–Trinajstić information content (AvgIpc) is 2.24. The molecular formula is C16H35O2P. The zero-order valence-electron chi connectivity index (χ0n) is 14.0. The molecule has 3 heteroatoms. The molecule has 0 aromatic rings. The van der Waals surface area contributed by atoms with Crippen LogP contribution in [0.5, 0.6) is 0 Å². The molecule has 19 heavy (non-hydrogen) atoms. The van der Waals surface area contributed by atoms with Crippen LogP contribution in [0.2, 0.25) is 0 Å². The summed E-state index contributed by atoms with van der Waals surface area (Å²) in [7, 11) is -2.19.